The molecule has 0 saturated carbocycles. The molecule has 0 amide bonds. The van der Waals surface area contributed by atoms with Crippen molar-refractivity contribution < 1.29 is 0 Å². The molecular formula is C14H18N2S2. The Labute approximate surface area is 117 Å². The molecule has 1 aromatic carbocycles. The van der Waals surface area contributed by atoms with Gasteiger partial charge < -0.3 is 5.32 Å². The molecule has 1 aromatic heterocycles. The van der Waals surface area contributed by atoms with Crippen molar-refractivity contribution in [1.82, 2.24) is 10.3 Å². The molecule has 0 aliphatic heterocycles. The Morgan fingerprint density at radius 3 is 2.89 bits per heavy atom. The third kappa shape index (κ3) is 3.83. The van der Waals surface area contributed by atoms with Gasteiger partial charge in [0.25, 0.3) is 0 Å². The van der Waals surface area contributed by atoms with E-state index in [2.05, 4.69) is 41.5 Å². The zero-order valence-corrected chi connectivity index (χ0v) is 12.4. The first-order chi connectivity index (χ1) is 8.79. The summed E-state index contributed by atoms with van der Waals surface area (Å²) < 4.78 is 0. The molecule has 1 N–H and O–H groups in total. The smallest absolute Gasteiger partial charge is 0.0794 e. The number of thioether (sulfide) groups is 1. The fourth-order valence-corrected chi connectivity index (χ4v) is 3.55. The van der Waals surface area contributed by atoms with Crippen molar-refractivity contribution in [2.75, 3.05) is 12.8 Å². The molecule has 0 bridgehead atoms. The Balaban J connectivity index is 1.89. The lowest BCUT2D eigenvalue weighted by molar-refractivity contribution is 0.621. The van der Waals surface area contributed by atoms with E-state index in [0.29, 0.717) is 6.04 Å². The summed E-state index contributed by atoms with van der Waals surface area (Å²) in [6.45, 7) is 2.17. The van der Waals surface area contributed by atoms with E-state index < -0.39 is 0 Å². The molecule has 0 fully saturated rings. The molecule has 0 radical (unpaired) electrons. The summed E-state index contributed by atoms with van der Waals surface area (Å²) >= 11 is 3.65. The van der Waals surface area contributed by atoms with Crippen LogP contribution in [-0.4, -0.2) is 23.8 Å². The van der Waals surface area contributed by atoms with Crippen LogP contribution in [0.4, 0.5) is 0 Å². The normalized spacial score (nSPS) is 12.6. The van der Waals surface area contributed by atoms with Gasteiger partial charge in [0.05, 0.1) is 5.51 Å². The van der Waals surface area contributed by atoms with E-state index in [1.807, 2.05) is 30.5 Å². The standard InChI is InChI=1S/C14H18N2S2/c1-11-5-3-4-6-14(11)17-9-12(15-2)7-13-8-16-10-18-13/h3-6,8,10,12,15H,7,9H2,1-2H3. The zero-order valence-electron chi connectivity index (χ0n) is 10.7. The Bertz CT molecular complexity index is 468. The van der Waals surface area contributed by atoms with Crippen molar-refractivity contribution in [2.45, 2.75) is 24.3 Å². The molecule has 1 heterocycles. The van der Waals surface area contributed by atoms with Crippen LogP contribution in [0.2, 0.25) is 0 Å². The number of hydrogen-bond donors (Lipinski definition) is 1. The van der Waals surface area contributed by atoms with Gasteiger partial charge in [0.2, 0.25) is 0 Å². The average Bonchev–Trinajstić information content (AvgIpc) is 2.89. The third-order valence-corrected chi connectivity index (χ3v) is 5.01. The van der Waals surface area contributed by atoms with Crippen LogP contribution in [0.3, 0.4) is 0 Å². The number of aryl methyl sites for hydroxylation is 1. The van der Waals surface area contributed by atoms with E-state index in [1.165, 1.54) is 15.3 Å². The highest BCUT2D eigenvalue weighted by Gasteiger charge is 2.09. The largest absolute Gasteiger partial charge is 0.316 e. The van der Waals surface area contributed by atoms with E-state index in [-0.39, 0.29) is 0 Å². The second-order valence-electron chi connectivity index (χ2n) is 4.23. The topological polar surface area (TPSA) is 24.9 Å². The van der Waals surface area contributed by atoms with E-state index >= 15 is 0 Å². The number of aromatic nitrogens is 1. The maximum absolute atomic E-state index is 4.13. The van der Waals surface area contributed by atoms with Crippen molar-refractivity contribution in [3.8, 4) is 0 Å². The van der Waals surface area contributed by atoms with E-state index in [1.54, 1.807) is 11.3 Å². The summed E-state index contributed by atoms with van der Waals surface area (Å²) in [7, 11) is 2.03. The number of rotatable bonds is 6. The monoisotopic (exact) mass is 278 g/mol. The lowest BCUT2D eigenvalue weighted by Gasteiger charge is -2.15. The van der Waals surface area contributed by atoms with Crippen molar-refractivity contribution in [3.05, 3.63) is 46.4 Å². The van der Waals surface area contributed by atoms with Crippen LogP contribution in [0.5, 0.6) is 0 Å². The lowest BCUT2D eigenvalue weighted by atomic mass is 10.2. The van der Waals surface area contributed by atoms with Crippen LogP contribution in [-0.2, 0) is 6.42 Å². The van der Waals surface area contributed by atoms with Crippen LogP contribution in [0.15, 0.2) is 40.9 Å². The molecule has 0 spiro atoms. The average molecular weight is 278 g/mol. The molecule has 0 aliphatic rings. The highest BCUT2D eigenvalue weighted by atomic mass is 32.2. The van der Waals surface area contributed by atoms with Gasteiger partial charge in [0.1, 0.15) is 0 Å². The lowest BCUT2D eigenvalue weighted by Crippen LogP contribution is -2.29. The van der Waals surface area contributed by atoms with Gasteiger partial charge in [-0.2, -0.15) is 0 Å². The summed E-state index contributed by atoms with van der Waals surface area (Å²) in [6, 6.07) is 9.05. The summed E-state index contributed by atoms with van der Waals surface area (Å²) in [5, 5.41) is 3.39. The number of benzene rings is 1. The van der Waals surface area contributed by atoms with Crippen molar-refractivity contribution in [1.29, 1.82) is 0 Å². The predicted molar refractivity (Wildman–Crippen MR) is 80.6 cm³/mol. The quantitative estimate of drug-likeness (QED) is 0.820. The summed E-state index contributed by atoms with van der Waals surface area (Å²) in [5.74, 6) is 1.08. The molecule has 2 rings (SSSR count). The molecular weight excluding hydrogens is 260 g/mol. The Morgan fingerprint density at radius 1 is 1.39 bits per heavy atom. The molecule has 18 heavy (non-hydrogen) atoms. The first-order valence-corrected chi connectivity index (χ1v) is 7.89. The summed E-state index contributed by atoms with van der Waals surface area (Å²) in [6.07, 6.45) is 3.02. The molecule has 2 nitrogen and oxygen atoms in total. The van der Waals surface area contributed by atoms with Gasteiger partial charge in [0.15, 0.2) is 0 Å². The van der Waals surface area contributed by atoms with Crippen molar-refractivity contribution in [3.63, 3.8) is 0 Å². The third-order valence-electron chi connectivity index (χ3n) is 2.87. The van der Waals surface area contributed by atoms with Crippen LogP contribution < -0.4 is 5.32 Å². The fourth-order valence-electron chi connectivity index (χ4n) is 1.74. The van der Waals surface area contributed by atoms with Crippen LogP contribution >= 0.6 is 23.1 Å². The Kier molecular flexibility index (Phi) is 5.23. The highest BCUT2D eigenvalue weighted by Crippen LogP contribution is 2.23. The van der Waals surface area contributed by atoms with Crippen LogP contribution in [0.1, 0.15) is 10.4 Å². The number of nitrogens with one attached hydrogen (secondary N) is 1. The molecule has 96 valence electrons. The zero-order chi connectivity index (χ0) is 12.8. The number of hydrogen-bond acceptors (Lipinski definition) is 4. The SMILES string of the molecule is CNC(CSc1ccccc1C)Cc1cncs1. The Morgan fingerprint density at radius 2 is 2.22 bits per heavy atom. The fraction of sp³-hybridized carbons (Fsp3) is 0.357. The highest BCUT2D eigenvalue weighted by molar-refractivity contribution is 7.99. The molecule has 0 saturated heterocycles. The second kappa shape index (κ2) is 6.92. The van der Waals surface area contributed by atoms with Gasteiger partial charge in [-0.3, -0.25) is 4.98 Å². The number of likely N-dealkylation sites (N-methyl/N-ethyl adjacent to an activating group) is 1. The van der Waals surface area contributed by atoms with Gasteiger partial charge in [-0.1, -0.05) is 18.2 Å². The van der Waals surface area contributed by atoms with Gasteiger partial charge in [-0.15, -0.1) is 23.1 Å². The Hall–Kier alpha value is -0.840. The minimum Gasteiger partial charge on any atom is -0.316 e. The maximum atomic E-state index is 4.13. The first-order valence-electron chi connectivity index (χ1n) is 6.02. The van der Waals surface area contributed by atoms with E-state index in [9.17, 15) is 0 Å². The minimum absolute atomic E-state index is 0.495. The molecule has 1 unspecified atom stereocenters. The maximum Gasteiger partial charge on any atom is 0.0794 e. The van der Waals surface area contributed by atoms with Crippen LogP contribution in [0.25, 0.3) is 0 Å². The van der Waals surface area contributed by atoms with Gasteiger partial charge in [-0.25, -0.2) is 0 Å². The van der Waals surface area contributed by atoms with Gasteiger partial charge >= 0.3 is 0 Å². The molecule has 4 heteroatoms. The molecule has 2 aromatic rings. The summed E-state index contributed by atoms with van der Waals surface area (Å²) in [4.78, 5) is 6.85. The predicted octanol–water partition coefficient (Wildman–Crippen LogP) is 3.37. The second-order valence-corrected chi connectivity index (χ2v) is 6.27. The summed E-state index contributed by atoms with van der Waals surface area (Å²) in [5.41, 5.74) is 3.26. The van der Waals surface area contributed by atoms with Gasteiger partial charge in [0, 0.05) is 27.8 Å². The van der Waals surface area contributed by atoms with E-state index in [0.717, 1.165) is 12.2 Å². The number of nitrogens with zero attached hydrogens (tertiary/aromatic N) is 1. The van der Waals surface area contributed by atoms with Crippen molar-refractivity contribution >= 4 is 23.1 Å². The number of thiazole rings is 1. The molecule has 0 aliphatic carbocycles. The minimum atomic E-state index is 0.495. The van der Waals surface area contributed by atoms with Crippen LogP contribution in [0, 0.1) is 6.92 Å². The van der Waals surface area contributed by atoms with Gasteiger partial charge in [-0.05, 0) is 32.0 Å². The van der Waals surface area contributed by atoms with Crippen molar-refractivity contribution in [2.24, 2.45) is 0 Å². The molecule has 1 atom stereocenters. The first kappa shape index (κ1) is 13.6. The van der Waals surface area contributed by atoms with E-state index in [4.69, 9.17) is 0 Å².